The molecular formula is C32H30N4O7. The minimum absolute atomic E-state index is 0.00178. The first kappa shape index (κ1) is 28.9. The number of methoxy groups -OCH3 is 2. The molecule has 0 radical (unpaired) electrons. The van der Waals surface area contributed by atoms with Crippen LogP contribution in [0.1, 0.15) is 21.7 Å². The Bertz CT molecular complexity index is 1770. The highest BCUT2D eigenvalue weighted by Crippen LogP contribution is 2.30. The molecule has 11 nitrogen and oxygen atoms in total. The van der Waals surface area contributed by atoms with Gasteiger partial charge in [-0.25, -0.2) is 10.4 Å². The summed E-state index contributed by atoms with van der Waals surface area (Å²) in [6.07, 6.45) is 2.26. The van der Waals surface area contributed by atoms with Crippen LogP contribution in [0.2, 0.25) is 0 Å². The highest BCUT2D eigenvalue weighted by atomic mass is 16.5. The molecule has 0 saturated carbocycles. The number of para-hydroxylation sites is 2. The molecule has 0 fully saturated rings. The van der Waals surface area contributed by atoms with E-state index in [-0.39, 0.29) is 25.7 Å². The van der Waals surface area contributed by atoms with Crippen LogP contribution in [0.4, 0.5) is 0 Å². The van der Waals surface area contributed by atoms with Crippen LogP contribution in [-0.2, 0) is 11.3 Å². The van der Waals surface area contributed by atoms with Crippen molar-refractivity contribution in [3.05, 3.63) is 89.7 Å². The van der Waals surface area contributed by atoms with Crippen LogP contribution in [0.25, 0.3) is 22.6 Å². The maximum Gasteiger partial charge on any atom is 0.260 e. The number of rotatable bonds is 13. The van der Waals surface area contributed by atoms with Gasteiger partial charge in [0.05, 0.1) is 31.5 Å². The predicted octanol–water partition coefficient (Wildman–Crippen LogP) is 5.04. The van der Waals surface area contributed by atoms with Crippen molar-refractivity contribution in [2.24, 2.45) is 5.10 Å². The van der Waals surface area contributed by atoms with Crippen molar-refractivity contribution in [1.82, 2.24) is 15.0 Å². The monoisotopic (exact) mass is 582 g/mol. The number of carbonyl (C=O) groups excluding carboxylic acids is 2. The lowest BCUT2D eigenvalue weighted by Gasteiger charge is -2.13. The quantitative estimate of drug-likeness (QED) is 0.0886. The second-order valence-corrected chi connectivity index (χ2v) is 9.35. The van der Waals surface area contributed by atoms with Crippen molar-refractivity contribution < 1.29 is 33.0 Å². The maximum atomic E-state index is 12.8. The van der Waals surface area contributed by atoms with Gasteiger partial charge in [-0.05, 0) is 73.2 Å². The molecule has 2 heterocycles. The maximum absolute atomic E-state index is 12.8. The van der Waals surface area contributed by atoms with Crippen LogP contribution in [0.5, 0.6) is 23.0 Å². The minimum atomic E-state index is -0.326. The fraction of sp³-hybridized carbons (Fsp3) is 0.188. The van der Waals surface area contributed by atoms with Gasteiger partial charge in [0.15, 0.2) is 34.6 Å². The molecule has 43 heavy (non-hydrogen) atoms. The number of aromatic nitrogens is 2. The molecule has 1 amide bonds. The van der Waals surface area contributed by atoms with Gasteiger partial charge < -0.3 is 27.9 Å². The highest BCUT2D eigenvalue weighted by Gasteiger charge is 2.17. The lowest BCUT2D eigenvalue weighted by Crippen LogP contribution is -2.23. The summed E-state index contributed by atoms with van der Waals surface area (Å²) in [6, 6.07) is 21.5. The third-order valence-corrected chi connectivity index (χ3v) is 6.43. The van der Waals surface area contributed by atoms with Crippen LogP contribution >= 0.6 is 0 Å². The van der Waals surface area contributed by atoms with Crippen LogP contribution in [0.15, 0.2) is 82.3 Å². The summed E-state index contributed by atoms with van der Waals surface area (Å²) in [6.45, 7) is 2.33. The second-order valence-electron chi connectivity index (χ2n) is 9.35. The Kier molecular flexibility index (Phi) is 9.01. The summed E-state index contributed by atoms with van der Waals surface area (Å²) < 4.78 is 29.9. The van der Waals surface area contributed by atoms with E-state index in [4.69, 9.17) is 23.4 Å². The summed E-state index contributed by atoms with van der Waals surface area (Å²) in [7, 11) is 3.04. The number of benzene rings is 3. The Morgan fingerprint density at radius 2 is 1.58 bits per heavy atom. The summed E-state index contributed by atoms with van der Waals surface area (Å²) in [5.74, 6) is 3.55. The molecule has 0 atom stereocenters. The van der Waals surface area contributed by atoms with E-state index in [0.717, 1.165) is 23.1 Å². The van der Waals surface area contributed by atoms with Crippen LogP contribution < -0.4 is 24.4 Å². The number of amides is 1. The summed E-state index contributed by atoms with van der Waals surface area (Å²) in [4.78, 5) is 28.5. The number of hydrogen-bond acceptors (Lipinski definition) is 9. The average Bonchev–Trinajstić information content (AvgIpc) is 3.62. The van der Waals surface area contributed by atoms with Gasteiger partial charge in [0.1, 0.15) is 31.8 Å². The summed E-state index contributed by atoms with van der Waals surface area (Å²) >= 11 is 0. The third kappa shape index (κ3) is 6.84. The molecule has 0 spiro atoms. The number of hydrogen-bond donors (Lipinski definition) is 1. The molecule has 0 aliphatic heterocycles. The molecule has 0 saturated heterocycles. The van der Waals surface area contributed by atoms with Gasteiger partial charge in [-0.3, -0.25) is 9.59 Å². The number of furan rings is 1. The molecule has 0 unspecified atom stereocenters. The van der Waals surface area contributed by atoms with Crippen molar-refractivity contribution in [2.75, 3.05) is 27.4 Å². The standard InChI is InChI=1S/C32H30N4O7/c1-21-8-11-28(43-21)32-34-24-6-4-5-7-25(24)36(32)19-31(38)35-33-18-22-9-12-26(29(16-22)39-2)41-14-15-42-27-13-10-23(20-37)17-30(27)40-3/h4-13,16-18,20H,14-15,19H2,1-3H3,(H,35,38)/b33-18+. The van der Waals surface area contributed by atoms with Crippen LogP contribution in [-0.4, -0.2) is 55.4 Å². The number of fused-ring (bicyclic) bond motifs is 1. The SMILES string of the molecule is COc1cc(C=O)ccc1OCCOc1ccc(/C=N/NC(=O)Cn2c(-c3ccc(C)o3)nc3ccccc32)cc1OC. The Hall–Kier alpha value is -5.58. The fourth-order valence-electron chi connectivity index (χ4n) is 4.40. The number of aldehydes is 1. The Morgan fingerprint density at radius 1 is 0.907 bits per heavy atom. The van der Waals surface area contributed by atoms with Crippen LogP contribution in [0.3, 0.4) is 0 Å². The molecule has 11 heteroatoms. The number of nitrogens with one attached hydrogen (secondary N) is 1. The van der Waals surface area contributed by atoms with Gasteiger partial charge in [0, 0.05) is 5.56 Å². The van der Waals surface area contributed by atoms with E-state index < -0.39 is 0 Å². The number of ether oxygens (including phenoxy) is 4. The van der Waals surface area contributed by atoms with Crippen molar-refractivity contribution in [1.29, 1.82) is 0 Å². The molecule has 220 valence electrons. The molecule has 0 aliphatic carbocycles. The van der Waals surface area contributed by atoms with Gasteiger partial charge in [-0.1, -0.05) is 12.1 Å². The zero-order valence-corrected chi connectivity index (χ0v) is 23.9. The topological polar surface area (TPSA) is 126 Å². The molecule has 5 rings (SSSR count). The zero-order chi connectivity index (χ0) is 30.2. The minimum Gasteiger partial charge on any atom is -0.493 e. The first-order valence-corrected chi connectivity index (χ1v) is 13.4. The van der Waals surface area contributed by atoms with Crippen molar-refractivity contribution >= 4 is 29.4 Å². The van der Waals surface area contributed by atoms with E-state index in [2.05, 4.69) is 15.5 Å². The third-order valence-electron chi connectivity index (χ3n) is 6.43. The van der Waals surface area contributed by atoms with E-state index >= 15 is 0 Å². The zero-order valence-electron chi connectivity index (χ0n) is 23.9. The highest BCUT2D eigenvalue weighted by molar-refractivity contribution is 5.86. The van der Waals surface area contributed by atoms with Crippen molar-refractivity contribution in [3.63, 3.8) is 0 Å². The first-order chi connectivity index (χ1) is 21.0. The van der Waals surface area contributed by atoms with Gasteiger partial charge in [-0.2, -0.15) is 5.10 Å². The number of aryl methyl sites for hydroxylation is 1. The lowest BCUT2D eigenvalue weighted by atomic mass is 10.2. The van der Waals surface area contributed by atoms with Gasteiger partial charge >= 0.3 is 0 Å². The van der Waals surface area contributed by atoms with Crippen molar-refractivity contribution in [3.8, 4) is 34.6 Å². The van der Waals surface area contributed by atoms with E-state index in [1.165, 1.54) is 20.4 Å². The van der Waals surface area contributed by atoms with Crippen molar-refractivity contribution in [2.45, 2.75) is 13.5 Å². The normalized spacial score (nSPS) is 11.0. The number of carbonyl (C=O) groups is 2. The molecule has 3 aromatic carbocycles. The smallest absolute Gasteiger partial charge is 0.260 e. The molecule has 1 N–H and O–H groups in total. The molecule has 2 aromatic heterocycles. The Morgan fingerprint density at radius 3 is 2.23 bits per heavy atom. The second kappa shape index (κ2) is 13.4. The van der Waals surface area contributed by atoms with E-state index in [9.17, 15) is 9.59 Å². The molecule has 0 aliphatic rings. The van der Waals surface area contributed by atoms with E-state index in [1.54, 1.807) is 41.0 Å². The molecule has 5 aromatic rings. The predicted molar refractivity (Wildman–Crippen MR) is 160 cm³/mol. The van der Waals surface area contributed by atoms with E-state index in [1.807, 2.05) is 43.3 Å². The van der Waals surface area contributed by atoms with Gasteiger partial charge in [-0.15, -0.1) is 0 Å². The van der Waals surface area contributed by atoms with Gasteiger partial charge in [0.25, 0.3) is 5.91 Å². The lowest BCUT2D eigenvalue weighted by molar-refractivity contribution is -0.121. The molecular weight excluding hydrogens is 552 g/mol. The summed E-state index contributed by atoms with van der Waals surface area (Å²) in [5, 5.41) is 4.12. The van der Waals surface area contributed by atoms with Crippen LogP contribution in [0, 0.1) is 6.92 Å². The fourth-order valence-corrected chi connectivity index (χ4v) is 4.40. The Balaban J connectivity index is 1.18. The van der Waals surface area contributed by atoms with E-state index in [0.29, 0.717) is 45.7 Å². The number of hydrazone groups is 1. The first-order valence-electron chi connectivity index (χ1n) is 13.4. The molecule has 0 bridgehead atoms. The number of nitrogens with zero attached hydrogens (tertiary/aromatic N) is 3. The average molecular weight is 583 g/mol. The Labute approximate surface area is 247 Å². The summed E-state index contributed by atoms with van der Waals surface area (Å²) in [5.41, 5.74) is 5.34. The largest absolute Gasteiger partial charge is 0.493 e. The van der Waals surface area contributed by atoms with Gasteiger partial charge in [0.2, 0.25) is 0 Å². The number of imidazole rings is 1.